The number of benzene rings is 2. The molecule has 4 rings (SSSR count). The summed E-state index contributed by atoms with van der Waals surface area (Å²) in [6.45, 7) is 6.82. The smallest absolute Gasteiger partial charge is 0.234 e. The number of carbonyl (C=O) groups is 1. The lowest BCUT2D eigenvalue weighted by atomic mass is 10.1. The van der Waals surface area contributed by atoms with Gasteiger partial charge in [-0.25, -0.2) is 4.68 Å². The van der Waals surface area contributed by atoms with Crippen LogP contribution in [0.4, 0.5) is 5.69 Å². The zero-order chi connectivity index (χ0) is 21.8. The molecule has 7 nitrogen and oxygen atoms in total. The lowest BCUT2D eigenvalue weighted by Crippen LogP contribution is -2.15. The number of amides is 1. The van der Waals surface area contributed by atoms with Crippen LogP contribution >= 0.6 is 11.8 Å². The third-order valence-corrected chi connectivity index (χ3v) is 5.81. The van der Waals surface area contributed by atoms with E-state index in [0.29, 0.717) is 0 Å². The van der Waals surface area contributed by atoms with Crippen LogP contribution in [0, 0.1) is 13.8 Å². The van der Waals surface area contributed by atoms with E-state index in [1.54, 1.807) is 6.20 Å². The molecule has 0 saturated heterocycles. The molecule has 2 heterocycles. The SMILES string of the molecule is CCn1c(SCC(=O)Nc2cccc(-n3nccc3C)c2)nnc1-c1cccc(C)c1. The molecule has 0 aliphatic rings. The summed E-state index contributed by atoms with van der Waals surface area (Å²) in [6.07, 6.45) is 1.76. The van der Waals surface area contributed by atoms with Gasteiger partial charge in [-0.15, -0.1) is 10.2 Å². The Balaban J connectivity index is 1.43. The topological polar surface area (TPSA) is 77.6 Å². The Hall–Kier alpha value is -3.39. The van der Waals surface area contributed by atoms with E-state index in [-0.39, 0.29) is 11.7 Å². The lowest BCUT2D eigenvalue weighted by Gasteiger charge is -2.10. The number of rotatable bonds is 7. The second-order valence-electron chi connectivity index (χ2n) is 7.19. The van der Waals surface area contributed by atoms with Gasteiger partial charge in [0.05, 0.1) is 11.4 Å². The Morgan fingerprint density at radius 1 is 1.06 bits per heavy atom. The highest BCUT2D eigenvalue weighted by Crippen LogP contribution is 2.25. The minimum atomic E-state index is -0.0953. The lowest BCUT2D eigenvalue weighted by molar-refractivity contribution is -0.113. The summed E-state index contributed by atoms with van der Waals surface area (Å²) in [4.78, 5) is 12.6. The van der Waals surface area contributed by atoms with Crippen LogP contribution < -0.4 is 5.32 Å². The number of hydrogen-bond donors (Lipinski definition) is 1. The normalized spacial score (nSPS) is 10.9. The minimum Gasteiger partial charge on any atom is -0.325 e. The maximum atomic E-state index is 12.6. The summed E-state index contributed by atoms with van der Waals surface area (Å²) in [6, 6.07) is 17.8. The fraction of sp³-hybridized carbons (Fsp3) is 0.217. The highest BCUT2D eigenvalue weighted by Gasteiger charge is 2.15. The van der Waals surface area contributed by atoms with E-state index >= 15 is 0 Å². The molecule has 0 aliphatic heterocycles. The van der Waals surface area contributed by atoms with Crippen molar-refractivity contribution in [2.45, 2.75) is 32.5 Å². The van der Waals surface area contributed by atoms with Crippen molar-refractivity contribution in [2.75, 3.05) is 11.1 Å². The van der Waals surface area contributed by atoms with Gasteiger partial charge in [0, 0.05) is 29.7 Å². The number of hydrogen-bond acceptors (Lipinski definition) is 5. The van der Waals surface area contributed by atoms with Gasteiger partial charge in [0.2, 0.25) is 5.91 Å². The van der Waals surface area contributed by atoms with Gasteiger partial charge >= 0.3 is 0 Å². The molecule has 2 aromatic carbocycles. The zero-order valence-electron chi connectivity index (χ0n) is 17.7. The first-order valence-electron chi connectivity index (χ1n) is 10.1. The number of anilines is 1. The standard InChI is InChI=1S/C23H24N6OS/c1-4-28-22(18-8-5-7-16(2)13-18)26-27-23(28)31-15-21(30)25-19-9-6-10-20(14-19)29-17(3)11-12-24-29/h5-14H,4,15H2,1-3H3,(H,25,30). The van der Waals surface area contributed by atoms with Crippen molar-refractivity contribution >= 4 is 23.4 Å². The summed E-state index contributed by atoms with van der Waals surface area (Å²) in [5.74, 6) is 0.968. The molecule has 0 radical (unpaired) electrons. The van der Waals surface area contributed by atoms with Crippen LogP contribution in [0.2, 0.25) is 0 Å². The summed E-state index contributed by atoms with van der Waals surface area (Å²) in [5, 5.41) is 16.7. The highest BCUT2D eigenvalue weighted by atomic mass is 32.2. The van der Waals surface area contributed by atoms with E-state index in [9.17, 15) is 4.79 Å². The molecule has 0 bridgehead atoms. The Labute approximate surface area is 185 Å². The highest BCUT2D eigenvalue weighted by molar-refractivity contribution is 7.99. The average Bonchev–Trinajstić information content (AvgIpc) is 3.38. The summed E-state index contributed by atoms with van der Waals surface area (Å²) in [5.41, 5.74) is 4.86. The number of nitrogens with zero attached hydrogens (tertiary/aromatic N) is 5. The van der Waals surface area contributed by atoms with Crippen LogP contribution in [0.5, 0.6) is 0 Å². The van der Waals surface area contributed by atoms with Crippen LogP contribution in [-0.2, 0) is 11.3 Å². The fourth-order valence-corrected chi connectivity index (χ4v) is 4.16. The quantitative estimate of drug-likeness (QED) is 0.435. The molecule has 0 saturated carbocycles. The molecule has 2 aromatic heterocycles. The molecule has 0 aliphatic carbocycles. The molecular formula is C23H24N6OS. The van der Waals surface area contributed by atoms with E-state index in [4.69, 9.17) is 0 Å². The van der Waals surface area contributed by atoms with Gasteiger partial charge in [-0.3, -0.25) is 4.79 Å². The minimum absolute atomic E-state index is 0.0953. The fourth-order valence-electron chi connectivity index (χ4n) is 3.36. The largest absolute Gasteiger partial charge is 0.325 e. The number of thioether (sulfide) groups is 1. The second-order valence-corrected chi connectivity index (χ2v) is 8.13. The van der Waals surface area contributed by atoms with Crippen molar-refractivity contribution < 1.29 is 4.79 Å². The maximum absolute atomic E-state index is 12.6. The Bertz CT molecular complexity index is 1210. The maximum Gasteiger partial charge on any atom is 0.234 e. The van der Waals surface area contributed by atoms with Gasteiger partial charge in [-0.2, -0.15) is 5.10 Å². The Morgan fingerprint density at radius 3 is 2.65 bits per heavy atom. The van der Waals surface area contributed by atoms with Crippen molar-refractivity contribution in [1.29, 1.82) is 0 Å². The Morgan fingerprint density at radius 2 is 1.90 bits per heavy atom. The molecular weight excluding hydrogens is 408 g/mol. The van der Waals surface area contributed by atoms with Gasteiger partial charge in [-0.1, -0.05) is 41.6 Å². The average molecular weight is 433 g/mol. The second kappa shape index (κ2) is 9.18. The number of nitrogens with one attached hydrogen (secondary N) is 1. The van der Waals surface area contributed by atoms with Crippen molar-refractivity contribution in [3.05, 3.63) is 72.1 Å². The molecule has 4 aromatic rings. The van der Waals surface area contributed by atoms with Crippen LogP contribution in [0.3, 0.4) is 0 Å². The van der Waals surface area contributed by atoms with Gasteiger partial charge in [0.1, 0.15) is 0 Å². The molecule has 158 valence electrons. The van der Waals surface area contributed by atoms with Gasteiger partial charge in [0.25, 0.3) is 0 Å². The molecule has 8 heteroatoms. The number of aromatic nitrogens is 5. The van der Waals surface area contributed by atoms with Gasteiger partial charge < -0.3 is 9.88 Å². The van der Waals surface area contributed by atoms with Crippen LogP contribution in [0.25, 0.3) is 17.1 Å². The van der Waals surface area contributed by atoms with Crippen molar-refractivity contribution in [2.24, 2.45) is 0 Å². The van der Waals surface area contributed by atoms with Gasteiger partial charge in [-0.05, 0) is 51.1 Å². The van der Waals surface area contributed by atoms with E-state index in [1.807, 2.05) is 58.6 Å². The van der Waals surface area contributed by atoms with Crippen LogP contribution in [0.1, 0.15) is 18.2 Å². The van der Waals surface area contributed by atoms with Crippen LogP contribution in [-0.4, -0.2) is 36.2 Å². The number of aryl methyl sites for hydroxylation is 2. The van der Waals surface area contributed by atoms with Gasteiger partial charge in [0.15, 0.2) is 11.0 Å². The van der Waals surface area contributed by atoms with Crippen molar-refractivity contribution in [1.82, 2.24) is 24.5 Å². The van der Waals surface area contributed by atoms with E-state index in [1.165, 1.54) is 17.3 Å². The summed E-state index contributed by atoms with van der Waals surface area (Å²) in [7, 11) is 0. The van der Waals surface area contributed by atoms with E-state index in [2.05, 4.69) is 46.6 Å². The van der Waals surface area contributed by atoms with Crippen molar-refractivity contribution in [3.63, 3.8) is 0 Å². The first-order chi connectivity index (χ1) is 15.0. The molecule has 0 spiro atoms. The predicted octanol–water partition coefficient (Wildman–Crippen LogP) is 4.50. The predicted molar refractivity (Wildman–Crippen MR) is 124 cm³/mol. The molecule has 0 unspecified atom stereocenters. The van der Waals surface area contributed by atoms with Crippen molar-refractivity contribution in [3.8, 4) is 17.1 Å². The van der Waals surface area contributed by atoms with E-state index in [0.717, 1.165) is 40.2 Å². The molecule has 0 fully saturated rings. The zero-order valence-corrected chi connectivity index (χ0v) is 18.6. The summed E-state index contributed by atoms with van der Waals surface area (Å²) >= 11 is 1.38. The summed E-state index contributed by atoms with van der Waals surface area (Å²) < 4.78 is 3.87. The first kappa shape index (κ1) is 20.9. The first-order valence-corrected chi connectivity index (χ1v) is 11.1. The third kappa shape index (κ3) is 4.69. The molecule has 1 amide bonds. The number of carbonyl (C=O) groups excluding carboxylic acids is 1. The third-order valence-electron chi connectivity index (χ3n) is 4.85. The van der Waals surface area contributed by atoms with E-state index < -0.39 is 0 Å². The molecule has 0 atom stereocenters. The molecule has 1 N–H and O–H groups in total. The monoisotopic (exact) mass is 432 g/mol. The molecule has 31 heavy (non-hydrogen) atoms. The van der Waals surface area contributed by atoms with Crippen LogP contribution in [0.15, 0.2) is 66.0 Å². The Kier molecular flexibility index (Phi) is 6.18.